The minimum atomic E-state index is -1.03. The first kappa shape index (κ1) is 13.0. The summed E-state index contributed by atoms with van der Waals surface area (Å²) in [5.74, 6) is -3.89. The molecule has 1 saturated carbocycles. The summed E-state index contributed by atoms with van der Waals surface area (Å²) >= 11 is 6.78. The Morgan fingerprint density at radius 2 is 1.73 bits per heavy atom. The van der Waals surface area contributed by atoms with Crippen molar-refractivity contribution < 1.29 is 19.8 Å². The van der Waals surface area contributed by atoms with E-state index in [1.807, 2.05) is 0 Å². The molecule has 4 nitrogen and oxygen atoms in total. The molecule has 0 aliphatic heterocycles. The van der Waals surface area contributed by atoms with E-state index in [9.17, 15) is 9.59 Å². The van der Waals surface area contributed by atoms with Crippen molar-refractivity contribution in [3.05, 3.63) is 0 Å². The Kier molecular flexibility index (Phi) is 4.17. The van der Waals surface area contributed by atoms with Gasteiger partial charge in [-0.2, -0.15) is 0 Å². The van der Waals surface area contributed by atoms with Crippen molar-refractivity contribution in [2.75, 3.05) is 0 Å². The largest absolute Gasteiger partial charge is 0.481 e. The lowest BCUT2D eigenvalue weighted by Crippen LogP contribution is -2.46. The van der Waals surface area contributed by atoms with Crippen molar-refractivity contribution in [2.24, 2.45) is 17.8 Å². The first-order valence-corrected chi connectivity index (χ1v) is 6.43. The van der Waals surface area contributed by atoms with Crippen LogP contribution in [0.1, 0.15) is 13.3 Å². The minimum absolute atomic E-state index is 0.00389. The van der Waals surface area contributed by atoms with Gasteiger partial charge in [0.25, 0.3) is 0 Å². The Hall–Kier alpha value is -0.100. The number of hydrogen-bond acceptors (Lipinski definition) is 2. The van der Waals surface area contributed by atoms with Crippen LogP contribution < -0.4 is 0 Å². The van der Waals surface area contributed by atoms with E-state index in [1.54, 1.807) is 6.92 Å². The molecule has 5 atom stereocenters. The molecule has 6 heteroatoms. The van der Waals surface area contributed by atoms with Crippen molar-refractivity contribution in [3.8, 4) is 0 Å². The van der Waals surface area contributed by atoms with Crippen molar-refractivity contribution in [1.29, 1.82) is 0 Å². The van der Waals surface area contributed by atoms with Gasteiger partial charge in [0.2, 0.25) is 0 Å². The summed E-state index contributed by atoms with van der Waals surface area (Å²) in [4.78, 5) is 22.0. The molecule has 1 fully saturated rings. The fraction of sp³-hybridized carbons (Fsp3) is 0.778. The molecular weight excluding hydrogens is 332 g/mol. The van der Waals surface area contributed by atoms with Gasteiger partial charge in [0.1, 0.15) is 0 Å². The fourth-order valence-corrected chi connectivity index (χ4v) is 3.49. The van der Waals surface area contributed by atoms with E-state index < -0.39 is 23.8 Å². The second-order valence-electron chi connectivity index (χ2n) is 3.86. The quantitative estimate of drug-likeness (QED) is 0.751. The topological polar surface area (TPSA) is 74.6 Å². The predicted octanol–water partition coefficient (Wildman–Crippen LogP) is 1.95. The minimum Gasteiger partial charge on any atom is -0.481 e. The number of aliphatic carboxylic acids is 2. The first-order chi connectivity index (χ1) is 6.86. The van der Waals surface area contributed by atoms with Crippen LogP contribution in [0.5, 0.6) is 0 Å². The normalized spacial score (nSPS) is 41.1. The highest BCUT2D eigenvalue weighted by atomic mass is 79.9. The van der Waals surface area contributed by atoms with E-state index in [2.05, 4.69) is 31.9 Å². The van der Waals surface area contributed by atoms with E-state index in [0.29, 0.717) is 6.42 Å². The molecule has 0 radical (unpaired) electrons. The van der Waals surface area contributed by atoms with Crippen LogP contribution in [-0.4, -0.2) is 31.8 Å². The summed E-state index contributed by atoms with van der Waals surface area (Å²) in [6, 6.07) is 0. The number of hydrogen-bond donors (Lipinski definition) is 2. The van der Waals surface area contributed by atoms with E-state index >= 15 is 0 Å². The number of alkyl halides is 2. The molecule has 0 aromatic carbocycles. The molecule has 0 unspecified atom stereocenters. The molecule has 0 aromatic rings. The summed E-state index contributed by atoms with van der Waals surface area (Å²) in [5.41, 5.74) is 0. The number of rotatable bonds is 2. The van der Waals surface area contributed by atoms with Crippen LogP contribution in [0.25, 0.3) is 0 Å². The average molecular weight is 344 g/mol. The maximum Gasteiger partial charge on any atom is 0.307 e. The van der Waals surface area contributed by atoms with Crippen LogP contribution in [0.2, 0.25) is 0 Å². The fourth-order valence-electron chi connectivity index (χ4n) is 2.06. The van der Waals surface area contributed by atoms with Gasteiger partial charge in [-0.25, -0.2) is 0 Å². The third kappa shape index (κ3) is 2.53. The highest BCUT2D eigenvalue weighted by Gasteiger charge is 2.47. The molecule has 15 heavy (non-hydrogen) atoms. The monoisotopic (exact) mass is 342 g/mol. The number of halogens is 2. The summed E-state index contributed by atoms with van der Waals surface area (Å²) in [7, 11) is 0. The number of carboxylic acids is 2. The second kappa shape index (κ2) is 4.82. The third-order valence-corrected chi connectivity index (χ3v) is 6.05. The van der Waals surface area contributed by atoms with E-state index in [4.69, 9.17) is 10.2 Å². The molecule has 0 bridgehead atoms. The molecular formula is C9H12Br2O4. The lowest BCUT2D eigenvalue weighted by Gasteiger charge is -2.38. The molecule has 0 heterocycles. The summed E-state index contributed by atoms with van der Waals surface area (Å²) in [5, 5.41) is 18.0. The van der Waals surface area contributed by atoms with Crippen LogP contribution in [0.3, 0.4) is 0 Å². The van der Waals surface area contributed by atoms with Crippen LogP contribution in [0, 0.1) is 17.8 Å². The van der Waals surface area contributed by atoms with E-state index in [1.165, 1.54) is 0 Å². The second-order valence-corrected chi connectivity index (χ2v) is 6.10. The molecule has 0 aromatic heterocycles. The summed E-state index contributed by atoms with van der Waals surface area (Å²) in [6.45, 7) is 1.77. The summed E-state index contributed by atoms with van der Waals surface area (Å²) < 4.78 is 0. The highest BCUT2D eigenvalue weighted by molar-refractivity contribution is 9.12. The maximum absolute atomic E-state index is 11.0. The zero-order valence-electron chi connectivity index (χ0n) is 8.06. The van der Waals surface area contributed by atoms with E-state index in [-0.39, 0.29) is 15.6 Å². The Morgan fingerprint density at radius 1 is 1.20 bits per heavy atom. The van der Waals surface area contributed by atoms with Gasteiger partial charge in [-0.1, -0.05) is 38.8 Å². The smallest absolute Gasteiger partial charge is 0.307 e. The lowest BCUT2D eigenvalue weighted by molar-refractivity contribution is -0.157. The van der Waals surface area contributed by atoms with Crippen LogP contribution >= 0.6 is 31.9 Å². The predicted molar refractivity (Wildman–Crippen MR) is 61.5 cm³/mol. The Balaban J connectivity index is 2.96. The van der Waals surface area contributed by atoms with Crippen molar-refractivity contribution in [1.82, 2.24) is 0 Å². The number of carboxylic acid groups (broad SMARTS) is 2. The highest BCUT2D eigenvalue weighted by Crippen LogP contribution is 2.42. The molecule has 1 aliphatic carbocycles. The Bertz CT molecular complexity index is 281. The van der Waals surface area contributed by atoms with Gasteiger partial charge in [0.05, 0.1) is 11.8 Å². The Labute approximate surface area is 104 Å². The van der Waals surface area contributed by atoms with Gasteiger partial charge in [-0.05, 0) is 12.3 Å². The SMILES string of the molecule is C[C@@H]1[C@H](Br)[C@H](Br)C[C@H](C(=O)O)[C@H]1C(=O)O. The average Bonchev–Trinajstić information content (AvgIpc) is 2.12. The molecule has 86 valence electrons. The van der Waals surface area contributed by atoms with Gasteiger partial charge < -0.3 is 10.2 Å². The third-order valence-electron chi connectivity index (χ3n) is 2.93. The van der Waals surface area contributed by atoms with Gasteiger partial charge in [-0.3, -0.25) is 9.59 Å². The lowest BCUT2D eigenvalue weighted by atomic mass is 9.72. The number of carbonyl (C=O) groups is 2. The van der Waals surface area contributed by atoms with Crippen molar-refractivity contribution >= 4 is 43.8 Å². The maximum atomic E-state index is 11.0. The molecule has 2 N–H and O–H groups in total. The van der Waals surface area contributed by atoms with Crippen molar-refractivity contribution in [2.45, 2.75) is 23.0 Å². The molecule has 0 saturated heterocycles. The molecule has 1 aliphatic rings. The van der Waals surface area contributed by atoms with Crippen LogP contribution in [0.4, 0.5) is 0 Å². The van der Waals surface area contributed by atoms with Crippen LogP contribution in [-0.2, 0) is 9.59 Å². The van der Waals surface area contributed by atoms with Gasteiger partial charge >= 0.3 is 11.9 Å². The standard InChI is InChI=1S/C9H12Br2O4/c1-3-6(9(14)15)4(8(12)13)2-5(10)7(3)11/h3-7H,2H2,1H3,(H,12,13)(H,14,15)/t3-,4-,5+,6-,7-/m0/s1. The zero-order valence-corrected chi connectivity index (χ0v) is 11.2. The van der Waals surface area contributed by atoms with Gasteiger partial charge in [0.15, 0.2) is 0 Å². The van der Waals surface area contributed by atoms with Gasteiger partial charge in [-0.15, -0.1) is 0 Å². The van der Waals surface area contributed by atoms with Crippen LogP contribution in [0.15, 0.2) is 0 Å². The zero-order chi connectivity index (χ0) is 11.7. The Morgan fingerprint density at radius 3 is 2.13 bits per heavy atom. The molecule has 0 spiro atoms. The summed E-state index contributed by atoms with van der Waals surface area (Å²) in [6.07, 6.45) is 0.340. The molecule has 1 rings (SSSR count). The van der Waals surface area contributed by atoms with Crippen molar-refractivity contribution in [3.63, 3.8) is 0 Å². The first-order valence-electron chi connectivity index (χ1n) is 4.60. The van der Waals surface area contributed by atoms with E-state index in [0.717, 1.165) is 0 Å². The molecule has 0 amide bonds. The van der Waals surface area contributed by atoms with Gasteiger partial charge in [0, 0.05) is 9.65 Å².